The van der Waals surface area contributed by atoms with Gasteiger partial charge in [0.1, 0.15) is 5.69 Å². The SMILES string of the molecule is COc1cc(Cn2cc3c(c2)-c2onc(CN4CCOCC4)c2CC3)cc(OC)c1OC. The van der Waals surface area contributed by atoms with E-state index in [1.807, 2.05) is 12.1 Å². The Labute approximate surface area is 187 Å². The lowest BCUT2D eigenvalue weighted by atomic mass is 9.93. The van der Waals surface area contributed by atoms with Crippen LogP contribution in [-0.4, -0.2) is 62.3 Å². The van der Waals surface area contributed by atoms with Crippen molar-refractivity contribution in [2.45, 2.75) is 25.9 Å². The molecular weight excluding hydrogens is 410 g/mol. The molecule has 1 fully saturated rings. The van der Waals surface area contributed by atoms with Crippen LogP contribution in [0.1, 0.15) is 22.4 Å². The van der Waals surface area contributed by atoms with Crippen molar-refractivity contribution in [2.75, 3.05) is 47.6 Å². The number of nitrogens with zero attached hydrogens (tertiary/aromatic N) is 3. The molecule has 170 valence electrons. The lowest BCUT2D eigenvalue weighted by molar-refractivity contribution is 0.0331. The average molecular weight is 440 g/mol. The van der Waals surface area contributed by atoms with Gasteiger partial charge in [0.05, 0.1) is 34.5 Å². The largest absolute Gasteiger partial charge is 0.493 e. The van der Waals surface area contributed by atoms with Crippen molar-refractivity contribution in [3.63, 3.8) is 0 Å². The van der Waals surface area contributed by atoms with E-state index in [1.54, 1.807) is 21.3 Å². The second kappa shape index (κ2) is 8.88. The van der Waals surface area contributed by atoms with E-state index < -0.39 is 0 Å². The summed E-state index contributed by atoms with van der Waals surface area (Å²) in [7, 11) is 4.88. The predicted octanol–water partition coefficient (Wildman–Crippen LogP) is 3.15. The van der Waals surface area contributed by atoms with Gasteiger partial charge in [-0.25, -0.2) is 0 Å². The highest BCUT2D eigenvalue weighted by Gasteiger charge is 2.27. The molecule has 0 radical (unpaired) electrons. The van der Waals surface area contributed by atoms with Crippen LogP contribution < -0.4 is 14.2 Å². The Hall–Kier alpha value is -2.97. The second-order valence-corrected chi connectivity index (χ2v) is 8.23. The quantitative estimate of drug-likeness (QED) is 0.560. The molecule has 32 heavy (non-hydrogen) atoms. The van der Waals surface area contributed by atoms with Crippen molar-refractivity contribution in [2.24, 2.45) is 0 Å². The van der Waals surface area contributed by atoms with Crippen LogP contribution in [0.2, 0.25) is 0 Å². The number of aryl methyl sites for hydroxylation is 1. The Morgan fingerprint density at radius 3 is 2.38 bits per heavy atom. The van der Waals surface area contributed by atoms with Gasteiger partial charge in [-0.05, 0) is 36.1 Å². The van der Waals surface area contributed by atoms with Gasteiger partial charge < -0.3 is 28.0 Å². The zero-order valence-electron chi connectivity index (χ0n) is 18.8. The molecule has 0 unspecified atom stereocenters. The van der Waals surface area contributed by atoms with Gasteiger partial charge in [-0.15, -0.1) is 0 Å². The molecule has 8 nitrogen and oxygen atoms in total. The first-order valence-electron chi connectivity index (χ1n) is 11.0. The average Bonchev–Trinajstić information content (AvgIpc) is 3.42. The molecule has 1 aliphatic heterocycles. The Morgan fingerprint density at radius 1 is 0.938 bits per heavy atom. The van der Waals surface area contributed by atoms with Crippen molar-refractivity contribution in [1.29, 1.82) is 0 Å². The Kier molecular flexibility index (Phi) is 5.80. The van der Waals surface area contributed by atoms with E-state index in [0.717, 1.165) is 68.3 Å². The van der Waals surface area contributed by atoms with E-state index in [0.29, 0.717) is 23.8 Å². The smallest absolute Gasteiger partial charge is 0.203 e. The third kappa shape index (κ3) is 3.84. The van der Waals surface area contributed by atoms with Crippen molar-refractivity contribution >= 4 is 0 Å². The normalized spacial score (nSPS) is 15.8. The first kappa shape index (κ1) is 20.9. The fourth-order valence-electron chi connectivity index (χ4n) is 4.65. The van der Waals surface area contributed by atoms with Gasteiger partial charge in [0, 0.05) is 49.7 Å². The maximum Gasteiger partial charge on any atom is 0.203 e. The second-order valence-electron chi connectivity index (χ2n) is 8.23. The van der Waals surface area contributed by atoms with Crippen molar-refractivity contribution < 1.29 is 23.5 Å². The van der Waals surface area contributed by atoms with Gasteiger partial charge >= 0.3 is 0 Å². The number of hydrogen-bond acceptors (Lipinski definition) is 7. The number of aromatic nitrogens is 2. The molecule has 1 aromatic carbocycles. The number of ether oxygens (including phenoxy) is 4. The van der Waals surface area contributed by atoms with E-state index >= 15 is 0 Å². The van der Waals surface area contributed by atoms with Gasteiger partial charge in [-0.2, -0.15) is 0 Å². The number of methoxy groups -OCH3 is 3. The summed E-state index contributed by atoms with van der Waals surface area (Å²) in [5.41, 5.74) is 5.80. The molecule has 2 aromatic heterocycles. The first-order chi connectivity index (χ1) is 15.7. The molecule has 0 bridgehead atoms. The topological polar surface area (TPSA) is 71.1 Å². The first-order valence-corrected chi connectivity index (χ1v) is 11.0. The molecule has 3 heterocycles. The maximum absolute atomic E-state index is 5.84. The van der Waals surface area contributed by atoms with Crippen LogP contribution in [0.5, 0.6) is 17.2 Å². The van der Waals surface area contributed by atoms with Gasteiger partial charge in [0.25, 0.3) is 0 Å². The molecule has 0 amide bonds. The van der Waals surface area contributed by atoms with Crippen LogP contribution in [-0.2, 0) is 30.7 Å². The zero-order chi connectivity index (χ0) is 22.1. The summed E-state index contributed by atoms with van der Waals surface area (Å²) in [6.45, 7) is 4.97. The predicted molar refractivity (Wildman–Crippen MR) is 119 cm³/mol. The number of fused-ring (bicyclic) bond motifs is 3. The summed E-state index contributed by atoms with van der Waals surface area (Å²) in [6.07, 6.45) is 6.30. The Bertz CT molecular complexity index is 1070. The van der Waals surface area contributed by atoms with E-state index in [2.05, 4.69) is 27.0 Å². The highest BCUT2D eigenvalue weighted by molar-refractivity contribution is 5.68. The van der Waals surface area contributed by atoms with Gasteiger partial charge in [-0.1, -0.05) is 5.16 Å². The molecule has 1 saturated heterocycles. The monoisotopic (exact) mass is 439 g/mol. The van der Waals surface area contributed by atoms with Crippen LogP contribution in [0.3, 0.4) is 0 Å². The summed E-state index contributed by atoms with van der Waals surface area (Å²) in [5.74, 6) is 2.83. The van der Waals surface area contributed by atoms with Crippen molar-refractivity contribution in [3.05, 3.63) is 46.9 Å². The minimum atomic E-state index is 0.602. The minimum absolute atomic E-state index is 0.602. The number of benzene rings is 1. The third-order valence-corrected chi connectivity index (χ3v) is 6.29. The third-order valence-electron chi connectivity index (χ3n) is 6.29. The van der Waals surface area contributed by atoms with Crippen molar-refractivity contribution in [1.82, 2.24) is 14.6 Å². The lowest BCUT2D eigenvalue weighted by Gasteiger charge is -2.26. The molecule has 3 aromatic rings. The molecular formula is C24H29N3O5. The van der Waals surface area contributed by atoms with Crippen LogP contribution in [0.25, 0.3) is 11.3 Å². The highest BCUT2D eigenvalue weighted by Crippen LogP contribution is 2.39. The molecule has 1 aliphatic carbocycles. The fourth-order valence-corrected chi connectivity index (χ4v) is 4.65. The number of rotatable bonds is 7. The van der Waals surface area contributed by atoms with Gasteiger partial charge in [0.2, 0.25) is 5.75 Å². The highest BCUT2D eigenvalue weighted by atomic mass is 16.5. The minimum Gasteiger partial charge on any atom is -0.493 e. The van der Waals surface area contributed by atoms with Gasteiger partial charge in [-0.3, -0.25) is 4.90 Å². The van der Waals surface area contributed by atoms with E-state index in [9.17, 15) is 0 Å². The molecule has 8 heteroatoms. The molecule has 0 atom stereocenters. The fraction of sp³-hybridized carbons (Fsp3) is 0.458. The van der Waals surface area contributed by atoms with E-state index in [4.69, 9.17) is 23.5 Å². The summed E-state index contributed by atoms with van der Waals surface area (Å²) < 4.78 is 29.9. The van der Waals surface area contributed by atoms with Crippen LogP contribution in [0.15, 0.2) is 29.0 Å². The van der Waals surface area contributed by atoms with Crippen molar-refractivity contribution in [3.8, 4) is 28.6 Å². The standard InChI is InChI=1S/C24H29N3O5/c1-28-21-10-16(11-22(29-2)24(21)30-3)12-27-13-17-4-5-18-20(15-26-6-8-31-9-7-26)25-32-23(18)19(17)14-27/h10-11,13-14H,4-9,12,15H2,1-3H3. The molecule has 0 N–H and O–H groups in total. The summed E-state index contributed by atoms with van der Waals surface area (Å²) in [6, 6.07) is 3.97. The maximum atomic E-state index is 5.84. The molecule has 0 spiro atoms. The zero-order valence-corrected chi connectivity index (χ0v) is 18.8. The Morgan fingerprint density at radius 2 is 1.69 bits per heavy atom. The number of hydrogen-bond donors (Lipinski definition) is 0. The van der Waals surface area contributed by atoms with Crippen LogP contribution in [0.4, 0.5) is 0 Å². The van der Waals surface area contributed by atoms with E-state index in [1.165, 1.54) is 11.1 Å². The Balaban J connectivity index is 1.39. The van der Waals surface area contributed by atoms with Crippen LogP contribution in [0, 0.1) is 0 Å². The summed E-state index contributed by atoms with van der Waals surface area (Å²) in [5, 5.41) is 4.43. The van der Waals surface area contributed by atoms with Crippen LogP contribution >= 0.6 is 0 Å². The number of morpholine rings is 1. The lowest BCUT2D eigenvalue weighted by Crippen LogP contribution is -2.36. The summed E-state index contributed by atoms with van der Waals surface area (Å²) >= 11 is 0. The van der Waals surface area contributed by atoms with E-state index in [-0.39, 0.29) is 0 Å². The van der Waals surface area contributed by atoms with Gasteiger partial charge in [0.15, 0.2) is 17.3 Å². The molecule has 0 saturated carbocycles. The molecule has 2 aliphatic rings. The summed E-state index contributed by atoms with van der Waals surface area (Å²) in [4.78, 5) is 2.38. The molecule has 5 rings (SSSR count).